The number of hydrogen-bond donors (Lipinski definition) is 2. The number of carbonyl (C=O) groups is 1. The molecule has 0 aromatic heterocycles. The lowest BCUT2D eigenvalue weighted by molar-refractivity contribution is -0.0000202. The van der Waals surface area contributed by atoms with Crippen molar-refractivity contribution in [2.45, 2.75) is 13.0 Å². The van der Waals surface area contributed by atoms with Gasteiger partial charge in [-0.2, -0.15) is 0 Å². The van der Waals surface area contributed by atoms with Crippen LogP contribution in [0.1, 0.15) is 21.5 Å². The zero-order valence-electron chi connectivity index (χ0n) is 11.4. The number of hydrogen-bond acceptors (Lipinski definition) is 2. The average molecular weight is 309 g/mol. The Hall–Kier alpha value is -1.91. The molecule has 0 unspecified atom stereocenters. The summed E-state index contributed by atoms with van der Waals surface area (Å²) in [6.45, 7) is 1.30. The quantitative estimate of drug-likeness (QED) is 0.731. The molecule has 0 bridgehead atoms. The molecular formula is C16H16ClFNO2-. The smallest absolute Gasteiger partial charge is 0.335 e. The predicted molar refractivity (Wildman–Crippen MR) is 75.2 cm³/mol. The van der Waals surface area contributed by atoms with Crippen molar-refractivity contribution >= 4 is 5.97 Å². The van der Waals surface area contributed by atoms with E-state index in [4.69, 9.17) is 5.11 Å². The molecule has 0 saturated heterocycles. The molecule has 0 amide bonds. The van der Waals surface area contributed by atoms with Crippen LogP contribution in [0.5, 0.6) is 0 Å². The Labute approximate surface area is 129 Å². The first-order valence-corrected chi connectivity index (χ1v) is 6.43. The summed E-state index contributed by atoms with van der Waals surface area (Å²) in [6, 6.07) is 13.4. The molecule has 0 radical (unpaired) electrons. The molecule has 0 aliphatic carbocycles. The predicted octanol–water partition coefficient (Wildman–Crippen LogP) is -0.140. The van der Waals surface area contributed by atoms with Gasteiger partial charge in [0.15, 0.2) is 0 Å². The van der Waals surface area contributed by atoms with Gasteiger partial charge in [-0.05, 0) is 42.3 Å². The highest BCUT2D eigenvalue weighted by atomic mass is 35.5. The summed E-state index contributed by atoms with van der Waals surface area (Å²) in [5.74, 6) is -1.11. The van der Waals surface area contributed by atoms with Crippen LogP contribution in [0.15, 0.2) is 48.5 Å². The molecule has 0 aliphatic heterocycles. The molecule has 0 saturated carbocycles. The lowest BCUT2D eigenvalue weighted by Crippen LogP contribution is -3.00. The van der Waals surface area contributed by atoms with Gasteiger partial charge in [-0.1, -0.05) is 30.3 Å². The fourth-order valence-corrected chi connectivity index (χ4v) is 1.92. The molecule has 0 atom stereocenters. The SMILES string of the molecule is O=C(O)c1ccc(CNCCc2ccccc2F)cc1.[Cl-]. The van der Waals surface area contributed by atoms with E-state index < -0.39 is 5.97 Å². The van der Waals surface area contributed by atoms with E-state index in [1.807, 2.05) is 6.07 Å². The Morgan fingerprint density at radius 2 is 1.76 bits per heavy atom. The first-order valence-electron chi connectivity index (χ1n) is 6.43. The van der Waals surface area contributed by atoms with E-state index in [1.54, 1.807) is 36.4 Å². The molecule has 2 aromatic rings. The largest absolute Gasteiger partial charge is 1.00 e. The number of halogens is 2. The third kappa shape index (κ3) is 5.17. The Balaban J connectivity index is 0.00000220. The van der Waals surface area contributed by atoms with Crippen molar-refractivity contribution in [2.75, 3.05) is 6.54 Å². The summed E-state index contributed by atoms with van der Waals surface area (Å²) < 4.78 is 13.4. The third-order valence-electron chi connectivity index (χ3n) is 3.06. The van der Waals surface area contributed by atoms with E-state index in [2.05, 4.69) is 5.32 Å². The second-order valence-corrected chi connectivity index (χ2v) is 4.52. The van der Waals surface area contributed by atoms with Gasteiger partial charge in [0.2, 0.25) is 0 Å². The van der Waals surface area contributed by atoms with Gasteiger partial charge in [0.1, 0.15) is 5.82 Å². The molecular weight excluding hydrogens is 293 g/mol. The normalized spacial score (nSPS) is 9.95. The Morgan fingerprint density at radius 1 is 1.10 bits per heavy atom. The highest BCUT2D eigenvalue weighted by Crippen LogP contribution is 2.07. The lowest BCUT2D eigenvalue weighted by atomic mass is 10.1. The molecule has 5 heteroatoms. The molecule has 0 aliphatic rings. The van der Waals surface area contributed by atoms with Crippen molar-refractivity contribution in [3.63, 3.8) is 0 Å². The minimum absolute atomic E-state index is 0. The Morgan fingerprint density at radius 3 is 2.38 bits per heavy atom. The van der Waals surface area contributed by atoms with Crippen LogP contribution in [0.2, 0.25) is 0 Å². The van der Waals surface area contributed by atoms with Crippen LogP contribution in [0.4, 0.5) is 4.39 Å². The third-order valence-corrected chi connectivity index (χ3v) is 3.06. The van der Waals surface area contributed by atoms with Crippen molar-refractivity contribution in [1.82, 2.24) is 5.32 Å². The Kier molecular flexibility index (Phi) is 6.85. The molecule has 2 rings (SSSR count). The summed E-state index contributed by atoms with van der Waals surface area (Å²) in [4.78, 5) is 10.7. The maximum atomic E-state index is 13.4. The number of carboxylic acids is 1. The minimum Gasteiger partial charge on any atom is -1.00 e. The molecule has 0 spiro atoms. The van der Waals surface area contributed by atoms with Gasteiger partial charge in [-0.3, -0.25) is 0 Å². The van der Waals surface area contributed by atoms with Crippen LogP contribution in [0, 0.1) is 5.82 Å². The van der Waals surface area contributed by atoms with Gasteiger partial charge < -0.3 is 22.8 Å². The minimum atomic E-state index is -0.927. The van der Waals surface area contributed by atoms with E-state index in [-0.39, 0.29) is 23.8 Å². The highest BCUT2D eigenvalue weighted by molar-refractivity contribution is 5.87. The van der Waals surface area contributed by atoms with Crippen LogP contribution in [-0.4, -0.2) is 17.6 Å². The summed E-state index contributed by atoms with van der Waals surface area (Å²) >= 11 is 0. The average Bonchev–Trinajstić information content (AvgIpc) is 2.46. The Bertz CT molecular complexity index is 587. The van der Waals surface area contributed by atoms with Gasteiger partial charge >= 0.3 is 5.97 Å². The number of benzene rings is 2. The molecule has 3 nitrogen and oxygen atoms in total. The molecule has 2 N–H and O–H groups in total. The van der Waals surface area contributed by atoms with Gasteiger partial charge in [-0.15, -0.1) is 0 Å². The van der Waals surface area contributed by atoms with Crippen LogP contribution < -0.4 is 17.7 Å². The van der Waals surface area contributed by atoms with Crippen molar-refractivity contribution in [3.05, 3.63) is 71.0 Å². The maximum Gasteiger partial charge on any atom is 0.335 e. The first-order chi connectivity index (χ1) is 9.66. The van der Waals surface area contributed by atoms with E-state index >= 15 is 0 Å². The van der Waals surface area contributed by atoms with E-state index in [0.717, 1.165) is 5.56 Å². The van der Waals surface area contributed by atoms with Gasteiger partial charge in [0.25, 0.3) is 0 Å². The zero-order chi connectivity index (χ0) is 14.4. The second kappa shape index (κ2) is 8.39. The summed E-state index contributed by atoms with van der Waals surface area (Å²) in [5, 5.41) is 12.0. The van der Waals surface area contributed by atoms with Crippen LogP contribution >= 0.6 is 0 Å². The molecule has 0 fully saturated rings. The number of aromatic carboxylic acids is 1. The summed E-state index contributed by atoms with van der Waals surface area (Å²) in [7, 11) is 0. The summed E-state index contributed by atoms with van der Waals surface area (Å²) in [6.07, 6.45) is 0.625. The maximum absolute atomic E-state index is 13.4. The number of nitrogens with one attached hydrogen (secondary N) is 1. The van der Waals surface area contributed by atoms with Gasteiger partial charge in [0, 0.05) is 6.54 Å². The van der Waals surface area contributed by atoms with Crippen molar-refractivity contribution in [1.29, 1.82) is 0 Å². The number of carboxylic acid groups (broad SMARTS) is 1. The van der Waals surface area contributed by atoms with E-state index in [9.17, 15) is 9.18 Å². The fourth-order valence-electron chi connectivity index (χ4n) is 1.92. The summed E-state index contributed by atoms with van der Waals surface area (Å²) in [5.41, 5.74) is 1.98. The zero-order valence-corrected chi connectivity index (χ0v) is 12.1. The van der Waals surface area contributed by atoms with Crippen molar-refractivity contribution < 1.29 is 26.7 Å². The van der Waals surface area contributed by atoms with Gasteiger partial charge in [0.05, 0.1) is 5.56 Å². The van der Waals surface area contributed by atoms with Crippen LogP contribution in [-0.2, 0) is 13.0 Å². The monoisotopic (exact) mass is 308 g/mol. The lowest BCUT2D eigenvalue weighted by Gasteiger charge is -2.06. The van der Waals surface area contributed by atoms with Crippen molar-refractivity contribution in [2.24, 2.45) is 0 Å². The van der Waals surface area contributed by atoms with E-state index in [0.29, 0.717) is 25.1 Å². The molecule has 0 heterocycles. The first kappa shape index (κ1) is 17.1. The second-order valence-electron chi connectivity index (χ2n) is 4.52. The molecule has 2 aromatic carbocycles. The molecule has 112 valence electrons. The topological polar surface area (TPSA) is 49.3 Å². The fraction of sp³-hybridized carbons (Fsp3) is 0.188. The number of rotatable bonds is 6. The standard InChI is InChI=1S/C16H16FNO2.ClH/c17-15-4-2-1-3-13(15)9-10-18-11-12-5-7-14(8-6-12)16(19)20;/h1-8,18H,9-11H2,(H,19,20);1H/p-1. The van der Waals surface area contributed by atoms with E-state index in [1.165, 1.54) is 6.07 Å². The van der Waals surface area contributed by atoms with Crippen LogP contribution in [0.25, 0.3) is 0 Å². The van der Waals surface area contributed by atoms with Crippen LogP contribution in [0.3, 0.4) is 0 Å². The van der Waals surface area contributed by atoms with Crippen molar-refractivity contribution in [3.8, 4) is 0 Å². The highest BCUT2D eigenvalue weighted by Gasteiger charge is 2.02. The molecule has 21 heavy (non-hydrogen) atoms. The van der Waals surface area contributed by atoms with Gasteiger partial charge in [-0.25, -0.2) is 9.18 Å².